The van der Waals surface area contributed by atoms with E-state index in [-0.39, 0.29) is 0 Å². The molecular formula is C15H15FN2O. The van der Waals surface area contributed by atoms with Crippen molar-refractivity contribution in [3.63, 3.8) is 0 Å². The van der Waals surface area contributed by atoms with Crippen LogP contribution in [0.3, 0.4) is 0 Å². The molecule has 0 aliphatic rings. The lowest BCUT2D eigenvalue weighted by atomic mass is 10.2. The number of pyridine rings is 1. The molecule has 0 aliphatic carbocycles. The van der Waals surface area contributed by atoms with Crippen molar-refractivity contribution < 1.29 is 9.18 Å². The fourth-order valence-corrected chi connectivity index (χ4v) is 1.92. The molecule has 0 fully saturated rings. The third-order valence-corrected chi connectivity index (χ3v) is 2.87. The summed E-state index contributed by atoms with van der Waals surface area (Å²) in [5, 5.41) is 0. The maximum absolute atomic E-state index is 13.4. The molecule has 4 heteroatoms. The number of aldehydes is 1. The van der Waals surface area contributed by atoms with Gasteiger partial charge in [0.1, 0.15) is 12.1 Å². The second-order valence-electron chi connectivity index (χ2n) is 4.20. The van der Waals surface area contributed by atoms with E-state index >= 15 is 0 Å². The highest BCUT2D eigenvalue weighted by Crippen LogP contribution is 2.19. The largest absolute Gasteiger partial charge is 0.366 e. The molecule has 98 valence electrons. The number of hydrogen-bond donors (Lipinski definition) is 0. The molecule has 1 aromatic carbocycles. The van der Waals surface area contributed by atoms with E-state index < -0.39 is 5.82 Å². The number of carbonyl (C=O) groups excluding carboxylic acids is 1. The average molecular weight is 258 g/mol. The summed E-state index contributed by atoms with van der Waals surface area (Å²) >= 11 is 0. The molecule has 0 saturated heterocycles. The van der Waals surface area contributed by atoms with Crippen LogP contribution in [-0.4, -0.2) is 17.8 Å². The van der Waals surface area contributed by atoms with Gasteiger partial charge in [-0.25, -0.2) is 4.39 Å². The fourth-order valence-electron chi connectivity index (χ4n) is 1.92. The Labute approximate surface area is 111 Å². The Morgan fingerprint density at radius 2 is 2.16 bits per heavy atom. The Balaban J connectivity index is 2.26. The normalized spacial score (nSPS) is 10.2. The first-order chi connectivity index (χ1) is 9.22. The van der Waals surface area contributed by atoms with Crippen molar-refractivity contribution in [3.8, 4) is 0 Å². The summed E-state index contributed by atoms with van der Waals surface area (Å²) in [6.45, 7) is 3.27. The third kappa shape index (κ3) is 3.37. The molecule has 1 heterocycles. The molecule has 0 radical (unpaired) electrons. The number of carbonyl (C=O) groups is 1. The van der Waals surface area contributed by atoms with Crippen LogP contribution in [-0.2, 0) is 6.54 Å². The Bertz CT molecular complexity index is 557. The Hall–Kier alpha value is -2.23. The van der Waals surface area contributed by atoms with Crippen molar-refractivity contribution in [1.29, 1.82) is 0 Å². The van der Waals surface area contributed by atoms with Crippen LogP contribution >= 0.6 is 0 Å². The van der Waals surface area contributed by atoms with Gasteiger partial charge in [0.15, 0.2) is 0 Å². The number of nitrogens with zero attached hydrogens (tertiary/aromatic N) is 2. The zero-order chi connectivity index (χ0) is 13.7. The molecule has 0 bridgehead atoms. The van der Waals surface area contributed by atoms with E-state index in [1.165, 1.54) is 12.1 Å². The summed E-state index contributed by atoms with van der Waals surface area (Å²) in [5.41, 5.74) is 1.94. The SMILES string of the molecule is CCN(Cc1ccccn1)c1cc(F)cc(C=O)c1. The molecule has 0 unspecified atom stereocenters. The molecule has 1 aromatic heterocycles. The number of anilines is 1. The maximum atomic E-state index is 13.4. The van der Waals surface area contributed by atoms with Gasteiger partial charge in [-0.2, -0.15) is 0 Å². The third-order valence-electron chi connectivity index (χ3n) is 2.87. The van der Waals surface area contributed by atoms with Gasteiger partial charge in [-0.15, -0.1) is 0 Å². The van der Waals surface area contributed by atoms with E-state index in [2.05, 4.69) is 4.98 Å². The van der Waals surface area contributed by atoms with Gasteiger partial charge in [0.2, 0.25) is 0 Å². The average Bonchev–Trinajstić information content (AvgIpc) is 2.45. The van der Waals surface area contributed by atoms with Gasteiger partial charge in [-0.1, -0.05) is 6.07 Å². The first kappa shape index (κ1) is 13.2. The summed E-state index contributed by atoms with van der Waals surface area (Å²) < 4.78 is 13.4. The summed E-state index contributed by atoms with van der Waals surface area (Å²) in [7, 11) is 0. The van der Waals surface area contributed by atoms with E-state index in [4.69, 9.17) is 0 Å². The molecular weight excluding hydrogens is 243 g/mol. The minimum absolute atomic E-state index is 0.342. The maximum Gasteiger partial charge on any atom is 0.150 e. The van der Waals surface area contributed by atoms with Crippen LogP contribution in [0.2, 0.25) is 0 Å². The number of hydrogen-bond acceptors (Lipinski definition) is 3. The highest BCUT2D eigenvalue weighted by atomic mass is 19.1. The Kier molecular flexibility index (Phi) is 4.23. The molecule has 0 spiro atoms. The fraction of sp³-hybridized carbons (Fsp3) is 0.200. The van der Waals surface area contributed by atoms with Crippen molar-refractivity contribution in [2.24, 2.45) is 0 Å². The molecule has 2 rings (SSSR count). The van der Waals surface area contributed by atoms with Gasteiger partial charge in [-0.3, -0.25) is 9.78 Å². The van der Waals surface area contributed by atoms with E-state index in [1.54, 1.807) is 12.3 Å². The van der Waals surface area contributed by atoms with Gasteiger partial charge in [0.05, 0.1) is 12.2 Å². The zero-order valence-electron chi connectivity index (χ0n) is 10.7. The smallest absolute Gasteiger partial charge is 0.150 e. The van der Waals surface area contributed by atoms with Gasteiger partial charge in [-0.05, 0) is 37.3 Å². The standard InChI is InChI=1S/C15H15FN2O/c1-2-18(10-14-5-3-4-6-17-14)15-8-12(11-19)7-13(16)9-15/h3-9,11H,2,10H2,1H3. The van der Waals surface area contributed by atoms with Gasteiger partial charge >= 0.3 is 0 Å². The lowest BCUT2D eigenvalue weighted by molar-refractivity contribution is 0.112. The Morgan fingerprint density at radius 3 is 2.79 bits per heavy atom. The van der Waals surface area contributed by atoms with E-state index in [0.717, 1.165) is 5.69 Å². The number of rotatable bonds is 5. The molecule has 0 amide bonds. The number of aromatic nitrogens is 1. The van der Waals surface area contributed by atoms with Gasteiger partial charge in [0, 0.05) is 24.0 Å². The summed E-state index contributed by atoms with van der Waals surface area (Å²) in [6.07, 6.45) is 2.38. The van der Waals surface area contributed by atoms with Crippen molar-refractivity contribution in [1.82, 2.24) is 4.98 Å². The van der Waals surface area contributed by atoms with Crippen molar-refractivity contribution in [2.45, 2.75) is 13.5 Å². The summed E-state index contributed by atoms with van der Waals surface area (Å²) in [6, 6.07) is 10.0. The Morgan fingerprint density at radius 1 is 1.32 bits per heavy atom. The predicted molar refractivity (Wildman–Crippen MR) is 72.7 cm³/mol. The van der Waals surface area contributed by atoms with E-state index in [1.807, 2.05) is 30.0 Å². The molecule has 0 atom stereocenters. The van der Waals surface area contributed by atoms with Crippen LogP contribution in [0.15, 0.2) is 42.6 Å². The molecule has 3 nitrogen and oxygen atoms in total. The van der Waals surface area contributed by atoms with Crippen LogP contribution in [0, 0.1) is 5.82 Å². The van der Waals surface area contributed by atoms with E-state index in [0.29, 0.717) is 30.6 Å². The van der Waals surface area contributed by atoms with Crippen LogP contribution in [0.5, 0.6) is 0 Å². The van der Waals surface area contributed by atoms with Crippen molar-refractivity contribution in [3.05, 3.63) is 59.7 Å². The lowest BCUT2D eigenvalue weighted by Gasteiger charge is -2.23. The summed E-state index contributed by atoms with van der Waals surface area (Å²) in [4.78, 5) is 17.0. The highest BCUT2D eigenvalue weighted by Gasteiger charge is 2.08. The van der Waals surface area contributed by atoms with Crippen LogP contribution in [0.1, 0.15) is 23.0 Å². The first-order valence-electron chi connectivity index (χ1n) is 6.13. The van der Waals surface area contributed by atoms with E-state index in [9.17, 15) is 9.18 Å². The first-order valence-corrected chi connectivity index (χ1v) is 6.13. The van der Waals surface area contributed by atoms with Crippen molar-refractivity contribution in [2.75, 3.05) is 11.4 Å². The number of benzene rings is 1. The van der Waals surface area contributed by atoms with Gasteiger partial charge < -0.3 is 4.90 Å². The monoisotopic (exact) mass is 258 g/mol. The van der Waals surface area contributed by atoms with Crippen LogP contribution in [0.4, 0.5) is 10.1 Å². The second-order valence-corrected chi connectivity index (χ2v) is 4.20. The minimum atomic E-state index is -0.404. The molecule has 0 N–H and O–H groups in total. The second kappa shape index (κ2) is 6.09. The molecule has 0 aliphatic heterocycles. The quantitative estimate of drug-likeness (QED) is 0.773. The van der Waals surface area contributed by atoms with Crippen LogP contribution < -0.4 is 4.90 Å². The summed E-state index contributed by atoms with van der Waals surface area (Å²) in [5.74, 6) is -0.404. The lowest BCUT2D eigenvalue weighted by Crippen LogP contribution is -2.22. The number of halogens is 1. The zero-order valence-corrected chi connectivity index (χ0v) is 10.7. The van der Waals surface area contributed by atoms with Crippen LogP contribution in [0.25, 0.3) is 0 Å². The van der Waals surface area contributed by atoms with Gasteiger partial charge in [0.25, 0.3) is 0 Å². The molecule has 0 saturated carbocycles. The predicted octanol–water partition coefficient (Wildman–Crippen LogP) is 3.06. The minimum Gasteiger partial charge on any atom is -0.366 e. The molecule has 2 aromatic rings. The topological polar surface area (TPSA) is 33.2 Å². The molecule has 19 heavy (non-hydrogen) atoms. The van der Waals surface area contributed by atoms with Crippen molar-refractivity contribution >= 4 is 12.0 Å². The highest BCUT2D eigenvalue weighted by molar-refractivity contribution is 5.77.